The lowest BCUT2D eigenvalue weighted by atomic mass is 9.75. The number of cyclic esters (lactones) is 2. The van der Waals surface area contributed by atoms with Crippen molar-refractivity contribution in [3.63, 3.8) is 0 Å². The maximum atomic E-state index is 11.7. The number of alkyl halides is 1. The lowest BCUT2D eigenvalue weighted by molar-refractivity contribution is -0.153. The summed E-state index contributed by atoms with van der Waals surface area (Å²) < 4.78 is 3.31. The maximum absolute atomic E-state index is 11.7. The van der Waals surface area contributed by atoms with E-state index in [0.29, 0.717) is 0 Å². The SMILES string of the molecule is NC1=C(N)C(N)(I)C2C(=O)OC(=O)C2C1(N)P. The standard InChI is InChI=1S/C8H12IN4O3P/c9-7(12)1-2(6(15)16-5(1)14)8(13,17)4(11)3(7)10/h1-2H,10-13,17H2. The average Bonchev–Trinajstić information content (AvgIpc) is 2.50. The van der Waals surface area contributed by atoms with E-state index in [0.717, 1.165) is 0 Å². The fraction of sp³-hybridized carbons (Fsp3) is 0.500. The predicted molar refractivity (Wildman–Crippen MR) is 71.0 cm³/mol. The Labute approximate surface area is 113 Å². The molecule has 1 aliphatic heterocycles. The van der Waals surface area contributed by atoms with E-state index in [-0.39, 0.29) is 11.4 Å². The molecule has 0 aromatic rings. The number of hydrogen-bond donors (Lipinski definition) is 4. The molecule has 17 heavy (non-hydrogen) atoms. The third-order valence-electron chi connectivity index (χ3n) is 3.18. The van der Waals surface area contributed by atoms with Crippen LogP contribution < -0.4 is 22.9 Å². The summed E-state index contributed by atoms with van der Waals surface area (Å²) in [6.45, 7) is 0. The highest BCUT2D eigenvalue weighted by molar-refractivity contribution is 14.1. The van der Waals surface area contributed by atoms with Gasteiger partial charge >= 0.3 is 11.9 Å². The van der Waals surface area contributed by atoms with Crippen molar-refractivity contribution in [2.45, 2.75) is 8.83 Å². The molecule has 1 fully saturated rings. The minimum atomic E-state index is -1.31. The maximum Gasteiger partial charge on any atom is 0.320 e. The number of hydrogen-bond acceptors (Lipinski definition) is 7. The average molecular weight is 370 g/mol. The summed E-state index contributed by atoms with van der Waals surface area (Å²) in [5.74, 6) is -3.30. The second-order valence-electron chi connectivity index (χ2n) is 4.22. The topological polar surface area (TPSA) is 147 Å². The van der Waals surface area contributed by atoms with E-state index in [9.17, 15) is 9.59 Å². The molecule has 9 heteroatoms. The van der Waals surface area contributed by atoms with Gasteiger partial charge in [-0.25, -0.2) is 0 Å². The monoisotopic (exact) mass is 370 g/mol. The van der Waals surface area contributed by atoms with Gasteiger partial charge < -0.3 is 27.7 Å². The molecule has 2 rings (SSSR count). The Hall–Kier alpha value is -0.440. The first-order valence-corrected chi connectivity index (χ1v) is 6.34. The van der Waals surface area contributed by atoms with Crippen LogP contribution in [0.5, 0.6) is 0 Å². The van der Waals surface area contributed by atoms with Gasteiger partial charge in [-0.15, -0.1) is 9.24 Å². The van der Waals surface area contributed by atoms with Gasteiger partial charge in [0, 0.05) is 0 Å². The van der Waals surface area contributed by atoms with E-state index in [4.69, 9.17) is 22.9 Å². The molecule has 0 saturated carbocycles. The number of ether oxygens (including phenoxy) is 1. The summed E-state index contributed by atoms with van der Waals surface area (Å²) >= 11 is 1.79. The first-order valence-electron chi connectivity index (χ1n) is 4.69. The van der Waals surface area contributed by atoms with Gasteiger partial charge in [0.25, 0.3) is 0 Å². The van der Waals surface area contributed by atoms with Crippen molar-refractivity contribution in [1.29, 1.82) is 0 Å². The largest absolute Gasteiger partial charge is 0.399 e. The zero-order chi connectivity index (χ0) is 13.2. The minimum Gasteiger partial charge on any atom is -0.399 e. The molecule has 5 atom stereocenters. The fourth-order valence-corrected chi connectivity index (χ4v) is 3.55. The van der Waals surface area contributed by atoms with Crippen LogP contribution in [0.3, 0.4) is 0 Å². The van der Waals surface area contributed by atoms with Gasteiger partial charge in [0.1, 0.15) is 15.4 Å². The highest BCUT2D eigenvalue weighted by Crippen LogP contribution is 2.51. The van der Waals surface area contributed by atoms with Crippen LogP contribution in [0, 0.1) is 11.8 Å². The van der Waals surface area contributed by atoms with Crippen LogP contribution in [-0.2, 0) is 14.3 Å². The van der Waals surface area contributed by atoms with E-state index in [1.807, 2.05) is 0 Å². The van der Waals surface area contributed by atoms with Crippen molar-refractivity contribution in [3.8, 4) is 0 Å². The molecule has 1 aliphatic carbocycles. The van der Waals surface area contributed by atoms with Crippen molar-refractivity contribution in [2.24, 2.45) is 34.8 Å². The number of carbonyl (C=O) groups is 2. The highest BCUT2D eigenvalue weighted by atomic mass is 127. The van der Waals surface area contributed by atoms with E-state index in [1.54, 1.807) is 22.6 Å². The molecule has 94 valence electrons. The van der Waals surface area contributed by atoms with E-state index >= 15 is 0 Å². The van der Waals surface area contributed by atoms with Crippen LogP contribution in [-0.4, -0.2) is 20.8 Å². The molecule has 7 nitrogen and oxygen atoms in total. The second kappa shape index (κ2) is 3.53. The molecule has 0 aromatic heterocycles. The first kappa shape index (κ1) is 13.0. The van der Waals surface area contributed by atoms with Gasteiger partial charge in [0.15, 0.2) is 0 Å². The Morgan fingerprint density at radius 1 is 1.12 bits per heavy atom. The molecule has 0 aromatic carbocycles. The van der Waals surface area contributed by atoms with Gasteiger partial charge in [0.2, 0.25) is 0 Å². The summed E-state index contributed by atoms with van der Waals surface area (Å²) in [6, 6.07) is 0. The summed E-state index contributed by atoms with van der Waals surface area (Å²) in [7, 11) is 2.25. The molecule has 2 aliphatic rings. The zero-order valence-electron chi connectivity index (χ0n) is 8.64. The van der Waals surface area contributed by atoms with Crippen LogP contribution in [0.25, 0.3) is 0 Å². The summed E-state index contributed by atoms with van der Waals surface area (Å²) in [5, 5.41) is -1.31. The molecule has 0 amide bonds. The first-order chi connectivity index (χ1) is 7.61. The van der Waals surface area contributed by atoms with Gasteiger partial charge in [-0.1, -0.05) is 22.6 Å². The number of nitrogens with two attached hydrogens (primary N) is 4. The molecule has 0 bridgehead atoms. The normalized spacial score (nSPS) is 45.9. The predicted octanol–water partition coefficient (Wildman–Crippen LogP) is -1.94. The minimum absolute atomic E-state index is 0.0901. The smallest absolute Gasteiger partial charge is 0.320 e. The lowest BCUT2D eigenvalue weighted by Crippen LogP contribution is -2.64. The Morgan fingerprint density at radius 2 is 1.59 bits per heavy atom. The van der Waals surface area contributed by atoms with Gasteiger partial charge in [-0.3, -0.25) is 9.59 Å². The molecule has 8 N–H and O–H groups in total. The van der Waals surface area contributed by atoms with Gasteiger partial charge in [0.05, 0.1) is 16.7 Å². The third-order valence-corrected chi connectivity index (χ3v) is 5.10. The summed E-state index contributed by atoms with van der Waals surface area (Å²) in [5.41, 5.74) is 23.7. The molecule has 5 unspecified atom stereocenters. The Bertz CT molecular complexity index is 422. The zero-order valence-corrected chi connectivity index (χ0v) is 12.0. The number of halogens is 1. The number of esters is 2. The molecule has 0 spiro atoms. The van der Waals surface area contributed by atoms with Crippen LogP contribution in [0.15, 0.2) is 11.4 Å². The fourth-order valence-electron chi connectivity index (χ4n) is 2.16. The highest BCUT2D eigenvalue weighted by Gasteiger charge is 2.64. The number of rotatable bonds is 0. The Balaban J connectivity index is 2.69. The third kappa shape index (κ3) is 1.51. The van der Waals surface area contributed by atoms with Crippen molar-refractivity contribution >= 4 is 43.8 Å². The van der Waals surface area contributed by atoms with Crippen LogP contribution in [0.4, 0.5) is 0 Å². The summed E-state index contributed by atoms with van der Waals surface area (Å²) in [6.07, 6.45) is 0. The molecular weight excluding hydrogens is 358 g/mol. The molecular formula is C8H12IN4O3P. The van der Waals surface area contributed by atoms with Crippen LogP contribution in [0.2, 0.25) is 0 Å². The molecule has 0 radical (unpaired) electrons. The van der Waals surface area contributed by atoms with Crippen molar-refractivity contribution in [3.05, 3.63) is 11.4 Å². The molecule has 1 saturated heterocycles. The lowest BCUT2D eigenvalue weighted by Gasteiger charge is -2.44. The van der Waals surface area contributed by atoms with E-state index in [1.165, 1.54) is 0 Å². The second-order valence-corrected chi connectivity index (χ2v) is 6.96. The number of fused-ring (bicyclic) bond motifs is 1. The Morgan fingerprint density at radius 3 is 2.12 bits per heavy atom. The van der Waals surface area contributed by atoms with Crippen LogP contribution in [0.1, 0.15) is 0 Å². The summed E-state index contributed by atoms with van der Waals surface area (Å²) in [4.78, 5) is 23.3. The van der Waals surface area contributed by atoms with Crippen molar-refractivity contribution in [2.75, 3.05) is 0 Å². The van der Waals surface area contributed by atoms with Gasteiger partial charge in [-0.2, -0.15) is 0 Å². The molecule has 1 heterocycles. The Kier molecular flexibility index (Phi) is 2.70. The van der Waals surface area contributed by atoms with Gasteiger partial charge in [-0.05, 0) is 0 Å². The van der Waals surface area contributed by atoms with Crippen molar-refractivity contribution in [1.82, 2.24) is 0 Å². The van der Waals surface area contributed by atoms with Crippen LogP contribution >= 0.6 is 31.8 Å². The number of carbonyl (C=O) groups excluding carboxylic acids is 2. The van der Waals surface area contributed by atoms with E-state index in [2.05, 4.69) is 14.0 Å². The quantitative estimate of drug-likeness (QED) is 0.0969. The van der Waals surface area contributed by atoms with Crippen molar-refractivity contribution < 1.29 is 14.3 Å². The van der Waals surface area contributed by atoms with E-state index < -0.39 is 32.6 Å².